The van der Waals surface area contributed by atoms with Gasteiger partial charge in [-0.2, -0.15) is 0 Å². The van der Waals surface area contributed by atoms with Crippen LogP contribution < -0.4 is 0 Å². The number of carbonyl (C=O) groups is 1. The Morgan fingerprint density at radius 2 is 1.95 bits per heavy atom. The van der Waals surface area contributed by atoms with Crippen LogP contribution >= 0.6 is 22.6 Å². The van der Waals surface area contributed by atoms with Crippen molar-refractivity contribution in [3.63, 3.8) is 0 Å². The maximum atomic E-state index is 12.7. The minimum atomic E-state index is 0.0446. The molecule has 1 unspecified atom stereocenters. The molecule has 0 heterocycles. The maximum absolute atomic E-state index is 12.7. The van der Waals surface area contributed by atoms with Gasteiger partial charge < -0.3 is 0 Å². The minimum absolute atomic E-state index is 0.0446. The molecule has 1 atom stereocenters. The van der Waals surface area contributed by atoms with E-state index in [1.165, 1.54) is 11.1 Å². The molecule has 1 aliphatic rings. The highest BCUT2D eigenvalue weighted by molar-refractivity contribution is 14.1. The Kier molecular flexibility index (Phi) is 3.69. The van der Waals surface area contributed by atoms with Crippen molar-refractivity contribution in [2.45, 2.75) is 25.2 Å². The highest BCUT2D eigenvalue weighted by Gasteiger charge is 2.26. The number of hydrogen-bond acceptors (Lipinski definition) is 1. The number of aryl methyl sites for hydroxylation is 1. The fourth-order valence-corrected chi connectivity index (χ4v) is 3.41. The molecule has 1 aliphatic carbocycles. The molecule has 0 amide bonds. The van der Waals surface area contributed by atoms with E-state index >= 15 is 0 Å². The fourth-order valence-electron chi connectivity index (χ4n) is 2.87. The Bertz CT molecular complexity index is 618. The number of benzene rings is 2. The minimum Gasteiger partial charge on any atom is -0.293 e. The molecule has 2 aromatic carbocycles. The lowest BCUT2D eigenvalue weighted by molar-refractivity contribution is 0.0951. The van der Waals surface area contributed by atoms with Crippen LogP contribution in [0, 0.1) is 3.57 Å². The van der Waals surface area contributed by atoms with Gasteiger partial charge in [-0.05, 0) is 65.1 Å². The standard InChI is InChI=1S/C17H15IO/c18-14-8-3-7-13(11-14)17(19)16-10-4-6-12-5-1-2-9-15(12)16/h1-3,5,7-9,11,16H,4,6,10H2. The van der Waals surface area contributed by atoms with Gasteiger partial charge in [-0.15, -0.1) is 0 Å². The van der Waals surface area contributed by atoms with E-state index in [1.807, 2.05) is 30.3 Å². The zero-order valence-electron chi connectivity index (χ0n) is 10.6. The molecular formula is C17H15IO. The quantitative estimate of drug-likeness (QED) is 0.564. The van der Waals surface area contributed by atoms with E-state index in [9.17, 15) is 4.79 Å². The third-order valence-electron chi connectivity index (χ3n) is 3.80. The first-order valence-electron chi connectivity index (χ1n) is 6.63. The Morgan fingerprint density at radius 3 is 2.79 bits per heavy atom. The van der Waals surface area contributed by atoms with Crippen molar-refractivity contribution >= 4 is 28.4 Å². The molecule has 3 rings (SSSR count). The molecule has 96 valence electrons. The number of carbonyl (C=O) groups excluding carboxylic acids is 1. The van der Waals surface area contributed by atoms with Crippen LogP contribution in [0.5, 0.6) is 0 Å². The van der Waals surface area contributed by atoms with Crippen LogP contribution in [0.3, 0.4) is 0 Å². The summed E-state index contributed by atoms with van der Waals surface area (Å²) >= 11 is 2.26. The largest absolute Gasteiger partial charge is 0.293 e. The first-order chi connectivity index (χ1) is 9.25. The van der Waals surface area contributed by atoms with Crippen LogP contribution in [0.25, 0.3) is 0 Å². The molecule has 0 aliphatic heterocycles. The summed E-state index contributed by atoms with van der Waals surface area (Å²) < 4.78 is 1.12. The highest BCUT2D eigenvalue weighted by atomic mass is 127. The molecule has 0 saturated carbocycles. The Labute approximate surface area is 127 Å². The molecule has 0 radical (unpaired) electrons. The number of halogens is 1. The summed E-state index contributed by atoms with van der Waals surface area (Å²) in [5.41, 5.74) is 3.42. The predicted octanol–water partition coefficient (Wildman–Crippen LogP) is 4.59. The lowest BCUT2D eigenvalue weighted by Crippen LogP contribution is -2.18. The summed E-state index contributed by atoms with van der Waals surface area (Å²) in [6, 6.07) is 16.3. The fraction of sp³-hybridized carbons (Fsp3) is 0.235. The van der Waals surface area contributed by atoms with Crippen LogP contribution in [0.15, 0.2) is 48.5 Å². The van der Waals surface area contributed by atoms with E-state index in [0.717, 1.165) is 28.4 Å². The van der Waals surface area contributed by atoms with Gasteiger partial charge in [0.25, 0.3) is 0 Å². The van der Waals surface area contributed by atoms with Crippen LogP contribution in [0.2, 0.25) is 0 Å². The van der Waals surface area contributed by atoms with Crippen LogP contribution in [0.4, 0.5) is 0 Å². The molecular weight excluding hydrogens is 347 g/mol. The van der Waals surface area contributed by atoms with E-state index in [0.29, 0.717) is 0 Å². The van der Waals surface area contributed by atoms with E-state index in [4.69, 9.17) is 0 Å². The van der Waals surface area contributed by atoms with E-state index in [-0.39, 0.29) is 11.7 Å². The van der Waals surface area contributed by atoms with Gasteiger partial charge in [0, 0.05) is 15.1 Å². The SMILES string of the molecule is O=C(c1cccc(I)c1)C1CCCc2ccccc21. The van der Waals surface area contributed by atoms with E-state index in [2.05, 4.69) is 40.8 Å². The third-order valence-corrected chi connectivity index (χ3v) is 4.47. The second kappa shape index (κ2) is 5.45. The molecule has 2 heteroatoms. The molecule has 0 bridgehead atoms. The molecule has 0 fully saturated rings. The van der Waals surface area contributed by atoms with Gasteiger partial charge in [-0.25, -0.2) is 0 Å². The number of Topliss-reactive ketones (excluding diaryl/α,β-unsaturated/α-hetero) is 1. The Balaban J connectivity index is 1.98. The average molecular weight is 362 g/mol. The monoisotopic (exact) mass is 362 g/mol. The van der Waals surface area contributed by atoms with Crippen LogP contribution in [0.1, 0.15) is 40.2 Å². The van der Waals surface area contributed by atoms with Crippen molar-refractivity contribution in [3.8, 4) is 0 Å². The summed E-state index contributed by atoms with van der Waals surface area (Å²) in [7, 11) is 0. The number of rotatable bonds is 2. The molecule has 0 saturated heterocycles. The van der Waals surface area contributed by atoms with Crippen molar-refractivity contribution in [1.82, 2.24) is 0 Å². The number of fused-ring (bicyclic) bond motifs is 1. The summed E-state index contributed by atoms with van der Waals surface area (Å²) in [4.78, 5) is 12.7. The highest BCUT2D eigenvalue weighted by Crippen LogP contribution is 2.34. The van der Waals surface area contributed by atoms with Crippen molar-refractivity contribution in [1.29, 1.82) is 0 Å². The number of hydrogen-bond donors (Lipinski definition) is 0. The molecule has 0 spiro atoms. The van der Waals surface area contributed by atoms with Gasteiger partial charge in [0.05, 0.1) is 0 Å². The van der Waals surface area contributed by atoms with E-state index < -0.39 is 0 Å². The Morgan fingerprint density at radius 1 is 1.11 bits per heavy atom. The van der Waals surface area contributed by atoms with Crippen molar-refractivity contribution in [2.75, 3.05) is 0 Å². The van der Waals surface area contributed by atoms with Crippen molar-refractivity contribution in [2.24, 2.45) is 0 Å². The predicted molar refractivity (Wildman–Crippen MR) is 85.6 cm³/mol. The molecule has 0 N–H and O–H groups in total. The zero-order valence-corrected chi connectivity index (χ0v) is 12.8. The Hall–Kier alpha value is -1.16. The maximum Gasteiger partial charge on any atom is 0.170 e. The van der Waals surface area contributed by atoms with E-state index in [1.54, 1.807) is 0 Å². The van der Waals surface area contributed by atoms with Crippen molar-refractivity contribution < 1.29 is 4.79 Å². The summed E-state index contributed by atoms with van der Waals surface area (Å²) in [5, 5.41) is 0. The van der Waals surface area contributed by atoms with Gasteiger partial charge in [-0.1, -0.05) is 36.4 Å². The lowest BCUT2D eigenvalue weighted by Gasteiger charge is -2.24. The zero-order chi connectivity index (χ0) is 13.2. The van der Waals surface area contributed by atoms with Crippen LogP contribution in [-0.2, 0) is 6.42 Å². The summed E-state index contributed by atoms with van der Waals surface area (Å²) in [6.07, 6.45) is 3.19. The first kappa shape index (κ1) is 12.9. The topological polar surface area (TPSA) is 17.1 Å². The molecule has 1 nitrogen and oxygen atoms in total. The van der Waals surface area contributed by atoms with Crippen molar-refractivity contribution in [3.05, 3.63) is 68.8 Å². The second-order valence-corrected chi connectivity index (χ2v) is 6.26. The molecule has 2 aromatic rings. The van der Waals surface area contributed by atoms with Gasteiger partial charge in [0.2, 0.25) is 0 Å². The lowest BCUT2D eigenvalue weighted by atomic mass is 9.79. The van der Waals surface area contributed by atoms with Gasteiger partial charge >= 0.3 is 0 Å². The third kappa shape index (κ3) is 2.59. The van der Waals surface area contributed by atoms with Gasteiger partial charge in [-0.3, -0.25) is 4.79 Å². The average Bonchev–Trinajstić information content (AvgIpc) is 2.46. The summed E-state index contributed by atoms with van der Waals surface area (Å²) in [5.74, 6) is 0.314. The van der Waals surface area contributed by atoms with Gasteiger partial charge in [0.1, 0.15) is 0 Å². The summed E-state index contributed by atoms with van der Waals surface area (Å²) in [6.45, 7) is 0. The second-order valence-electron chi connectivity index (χ2n) is 5.02. The molecule has 0 aromatic heterocycles. The number of ketones is 1. The van der Waals surface area contributed by atoms with Crippen LogP contribution in [-0.4, -0.2) is 5.78 Å². The first-order valence-corrected chi connectivity index (χ1v) is 7.71. The normalized spacial score (nSPS) is 17.8. The molecule has 19 heavy (non-hydrogen) atoms. The smallest absolute Gasteiger partial charge is 0.170 e. The van der Waals surface area contributed by atoms with Gasteiger partial charge in [0.15, 0.2) is 5.78 Å².